The molecule has 0 aliphatic carbocycles. The third-order valence-electron chi connectivity index (χ3n) is 3.99. The number of likely N-dealkylation sites (N-methyl/N-ethyl adjacent to an activating group) is 1. The van der Waals surface area contributed by atoms with Crippen LogP contribution in [0.4, 0.5) is 5.69 Å². The highest BCUT2D eigenvalue weighted by Gasteiger charge is 2.17. The van der Waals surface area contributed by atoms with Crippen LogP contribution < -0.4 is 10.3 Å². The van der Waals surface area contributed by atoms with Crippen molar-refractivity contribution in [3.63, 3.8) is 0 Å². The summed E-state index contributed by atoms with van der Waals surface area (Å²) >= 11 is 0. The molecule has 0 heterocycles. The van der Waals surface area contributed by atoms with Gasteiger partial charge in [-0.05, 0) is 38.1 Å². The van der Waals surface area contributed by atoms with Gasteiger partial charge in [0.05, 0.1) is 31.9 Å². The van der Waals surface area contributed by atoms with Crippen LogP contribution in [-0.2, 0) is 0 Å². The van der Waals surface area contributed by atoms with E-state index in [1.54, 1.807) is 5.01 Å². The van der Waals surface area contributed by atoms with E-state index in [2.05, 4.69) is 19.3 Å². The molecule has 122 valence electrons. The zero-order valence-corrected chi connectivity index (χ0v) is 14.0. The summed E-state index contributed by atoms with van der Waals surface area (Å²) in [6.07, 6.45) is 0. The van der Waals surface area contributed by atoms with Gasteiger partial charge in [0.2, 0.25) is 0 Å². The number of hydrazine groups is 1. The van der Waals surface area contributed by atoms with Crippen LogP contribution in [0.2, 0.25) is 0 Å². The fourth-order valence-electron chi connectivity index (χ4n) is 2.49. The highest BCUT2D eigenvalue weighted by Crippen LogP contribution is 2.10. The molecule has 0 saturated heterocycles. The molecule has 2 aromatic carbocycles. The molecule has 2 N–H and O–H groups in total. The Morgan fingerprint density at radius 1 is 0.957 bits per heavy atom. The molecule has 0 radical (unpaired) electrons. The molecule has 4 nitrogen and oxygen atoms in total. The van der Waals surface area contributed by atoms with E-state index in [1.807, 2.05) is 60.7 Å². The molecule has 0 bridgehead atoms. The van der Waals surface area contributed by atoms with Gasteiger partial charge in [-0.2, -0.15) is 0 Å². The Kier molecular flexibility index (Phi) is 6.63. The number of benzene rings is 2. The first-order chi connectivity index (χ1) is 11.2. The van der Waals surface area contributed by atoms with Crippen LogP contribution in [0.1, 0.15) is 24.2 Å². The van der Waals surface area contributed by atoms with Crippen LogP contribution in [-0.4, -0.2) is 37.1 Å². The van der Waals surface area contributed by atoms with E-state index in [1.165, 1.54) is 4.90 Å². The fourth-order valence-corrected chi connectivity index (χ4v) is 2.49. The first-order valence-corrected chi connectivity index (χ1v) is 8.26. The molecule has 2 aromatic rings. The largest absolute Gasteiger partial charge is 0.334 e. The number of rotatable bonds is 8. The molecule has 0 fully saturated rings. The smallest absolute Gasteiger partial charge is 0.272 e. The molecule has 23 heavy (non-hydrogen) atoms. The van der Waals surface area contributed by atoms with Gasteiger partial charge in [-0.25, -0.2) is 5.01 Å². The maximum atomic E-state index is 12.8. The number of amides is 1. The Bertz CT molecular complexity index is 582. The molecule has 0 unspecified atom stereocenters. The van der Waals surface area contributed by atoms with E-state index in [4.69, 9.17) is 0 Å². The molecular formula is C19H26N3O+. The maximum Gasteiger partial charge on any atom is 0.272 e. The number of anilines is 1. The van der Waals surface area contributed by atoms with Crippen molar-refractivity contribution in [3.8, 4) is 0 Å². The zero-order valence-electron chi connectivity index (χ0n) is 14.0. The lowest BCUT2D eigenvalue weighted by Crippen LogP contribution is -3.12. The third kappa shape index (κ3) is 5.11. The van der Waals surface area contributed by atoms with Crippen molar-refractivity contribution in [1.82, 2.24) is 5.01 Å². The zero-order chi connectivity index (χ0) is 16.5. The number of nitrogens with one attached hydrogen (secondary N) is 2. The van der Waals surface area contributed by atoms with Crippen molar-refractivity contribution in [2.75, 3.05) is 31.6 Å². The van der Waals surface area contributed by atoms with Crippen molar-refractivity contribution < 1.29 is 9.69 Å². The summed E-state index contributed by atoms with van der Waals surface area (Å²) in [5, 5.41) is 1.72. The molecule has 0 saturated carbocycles. The van der Waals surface area contributed by atoms with Gasteiger partial charge in [-0.1, -0.05) is 36.4 Å². The summed E-state index contributed by atoms with van der Waals surface area (Å²) < 4.78 is 0. The van der Waals surface area contributed by atoms with Gasteiger partial charge in [0.1, 0.15) is 0 Å². The highest BCUT2D eigenvalue weighted by atomic mass is 16.2. The number of carbonyl (C=O) groups excluding carboxylic acids is 1. The Balaban J connectivity index is 2.12. The van der Waals surface area contributed by atoms with Gasteiger partial charge >= 0.3 is 0 Å². The van der Waals surface area contributed by atoms with E-state index in [0.29, 0.717) is 12.1 Å². The van der Waals surface area contributed by atoms with Crippen LogP contribution in [0.3, 0.4) is 0 Å². The Morgan fingerprint density at radius 3 is 2.09 bits per heavy atom. The van der Waals surface area contributed by atoms with E-state index in [-0.39, 0.29) is 5.91 Å². The van der Waals surface area contributed by atoms with E-state index in [0.717, 1.165) is 25.3 Å². The predicted molar refractivity (Wildman–Crippen MR) is 94.5 cm³/mol. The average molecular weight is 312 g/mol. The summed E-state index contributed by atoms with van der Waals surface area (Å²) in [4.78, 5) is 14.3. The number of hydrogen-bond donors (Lipinski definition) is 2. The van der Waals surface area contributed by atoms with Crippen LogP contribution in [0.5, 0.6) is 0 Å². The minimum Gasteiger partial charge on any atom is -0.334 e. The fraction of sp³-hybridized carbons (Fsp3) is 0.316. The highest BCUT2D eigenvalue weighted by molar-refractivity contribution is 5.94. The van der Waals surface area contributed by atoms with Crippen molar-refractivity contribution in [2.24, 2.45) is 0 Å². The van der Waals surface area contributed by atoms with E-state index < -0.39 is 0 Å². The summed E-state index contributed by atoms with van der Waals surface area (Å²) in [5.74, 6) is 0.000934. The Labute approximate surface area is 138 Å². The van der Waals surface area contributed by atoms with Crippen LogP contribution in [0, 0.1) is 0 Å². The number of nitrogens with zero attached hydrogens (tertiary/aromatic N) is 1. The van der Waals surface area contributed by atoms with E-state index in [9.17, 15) is 4.79 Å². The molecule has 1 amide bonds. The second-order valence-electron chi connectivity index (χ2n) is 5.51. The van der Waals surface area contributed by atoms with Crippen molar-refractivity contribution in [2.45, 2.75) is 13.8 Å². The lowest BCUT2D eigenvalue weighted by Gasteiger charge is -2.26. The quantitative estimate of drug-likeness (QED) is 0.732. The van der Waals surface area contributed by atoms with Gasteiger partial charge in [0.15, 0.2) is 0 Å². The summed E-state index contributed by atoms with van der Waals surface area (Å²) in [6, 6.07) is 19.2. The van der Waals surface area contributed by atoms with Gasteiger partial charge < -0.3 is 4.90 Å². The predicted octanol–water partition coefficient (Wildman–Crippen LogP) is 2.08. The number of hydrogen-bond acceptors (Lipinski definition) is 2. The van der Waals surface area contributed by atoms with Gasteiger partial charge in [-0.3, -0.25) is 10.2 Å². The number of carbonyl (C=O) groups is 1. The van der Waals surface area contributed by atoms with Gasteiger partial charge in [0, 0.05) is 5.56 Å². The lowest BCUT2D eigenvalue weighted by atomic mass is 10.2. The SMILES string of the molecule is CC[NH+](CC)CCN(Nc1ccccc1)C(=O)c1ccccc1. The van der Waals surface area contributed by atoms with Crippen molar-refractivity contribution >= 4 is 11.6 Å². The Morgan fingerprint density at radius 2 is 1.52 bits per heavy atom. The molecule has 4 heteroatoms. The molecule has 0 aliphatic rings. The van der Waals surface area contributed by atoms with Crippen molar-refractivity contribution in [1.29, 1.82) is 0 Å². The molecule has 0 atom stereocenters. The minimum absolute atomic E-state index is 0.000934. The molecular weight excluding hydrogens is 286 g/mol. The number of quaternary nitrogens is 1. The van der Waals surface area contributed by atoms with Gasteiger partial charge in [0.25, 0.3) is 5.91 Å². The normalized spacial score (nSPS) is 10.6. The average Bonchev–Trinajstić information content (AvgIpc) is 2.62. The molecule has 0 aromatic heterocycles. The lowest BCUT2D eigenvalue weighted by molar-refractivity contribution is -0.895. The van der Waals surface area contributed by atoms with Crippen LogP contribution in [0.25, 0.3) is 0 Å². The monoisotopic (exact) mass is 312 g/mol. The summed E-state index contributed by atoms with van der Waals surface area (Å²) in [5.41, 5.74) is 4.87. The molecule has 0 aliphatic heterocycles. The standard InChI is InChI=1S/C19H25N3O/c1-3-21(4-2)15-16-22(20-18-13-9-6-10-14-18)19(23)17-11-7-5-8-12-17/h5-14,20H,3-4,15-16H2,1-2H3/p+1. The van der Waals surface area contributed by atoms with E-state index >= 15 is 0 Å². The molecule has 2 rings (SSSR count). The van der Waals surface area contributed by atoms with Gasteiger partial charge in [-0.15, -0.1) is 0 Å². The topological polar surface area (TPSA) is 36.8 Å². The van der Waals surface area contributed by atoms with Crippen molar-refractivity contribution in [3.05, 3.63) is 66.2 Å². The summed E-state index contributed by atoms with van der Waals surface area (Å²) in [6.45, 7) is 8.06. The second kappa shape index (κ2) is 8.96. The van der Waals surface area contributed by atoms with Crippen LogP contribution >= 0.6 is 0 Å². The number of para-hydroxylation sites is 1. The van der Waals surface area contributed by atoms with Crippen LogP contribution in [0.15, 0.2) is 60.7 Å². The molecule has 0 spiro atoms. The second-order valence-corrected chi connectivity index (χ2v) is 5.51. The first-order valence-electron chi connectivity index (χ1n) is 8.26. The third-order valence-corrected chi connectivity index (χ3v) is 3.99. The minimum atomic E-state index is 0.000934. The maximum absolute atomic E-state index is 12.8. The Hall–Kier alpha value is -2.33. The summed E-state index contributed by atoms with van der Waals surface area (Å²) in [7, 11) is 0. The first kappa shape index (κ1) is 17.0.